The van der Waals surface area contributed by atoms with Crippen LogP contribution < -0.4 is 21.3 Å². The first kappa shape index (κ1) is 121. The molecular formula is C48H128B3N6O12. The van der Waals surface area contributed by atoms with Crippen molar-refractivity contribution in [3.63, 3.8) is 0 Å². The lowest BCUT2D eigenvalue weighted by Crippen LogP contribution is -2.15. The maximum Gasteiger partial charge on any atom is 0.300 e. The molecule has 18 nitrogen and oxygen atoms in total. The van der Waals surface area contributed by atoms with Crippen LogP contribution in [0.2, 0.25) is 40.9 Å². The second kappa shape index (κ2) is 167. The lowest BCUT2D eigenvalue weighted by atomic mass is 9.88. The molecule has 0 bridgehead atoms. The van der Waals surface area contributed by atoms with Crippen LogP contribution in [-0.2, 0) is 38.4 Å². The van der Waals surface area contributed by atoms with Gasteiger partial charge >= 0.3 is 0 Å². The number of Topliss-reactive ketones (excluding diaryl/α,β-unsaturated/α-hetero) is 2. The number of carbonyl (C=O) groups excluding carboxylic acids is 4. The molecule has 0 rings (SSSR count). The number of amides is 2. The van der Waals surface area contributed by atoms with E-state index in [1.807, 2.05) is 62.5 Å². The Hall–Kier alpha value is -3.81. The molecule has 0 fully saturated rings. The van der Waals surface area contributed by atoms with Crippen LogP contribution in [0.1, 0.15) is 158 Å². The van der Waals surface area contributed by atoms with Crippen molar-refractivity contribution in [2.75, 3.05) is 82.6 Å². The van der Waals surface area contributed by atoms with E-state index < -0.39 is 23.9 Å². The van der Waals surface area contributed by atoms with Crippen LogP contribution in [0.15, 0.2) is 0 Å². The average molecular weight is 1020 g/mol. The first-order chi connectivity index (χ1) is 30.2. The van der Waals surface area contributed by atoms with Gasteiger partial charge in [-0.3, -0.25) is 28.8 Å². The number of ketones is 2. The molecule has 0 saturated carbocycles. The van der Waals surface area contributed by atoms with E-state index >= 15 is 0 Å². The van der Waals surface area contributed by atoms with Gasteiger partial charge in [-0.05, 0) is 82.3 Å². The van der Waals surface area contributed by atoms with Gasteiger partial charge in [0.05, 0.1) is 0 Å². The zero-order valence-corrected chi connectivity index (χ0v) is 45.0. The zero-order valence-electron chi connectivity index (χ0n) is 48.0. The van der Waals surface area contributed by atoms with E-state index in [9.17, 15) is 19.2 Å². The topological polar surface area (TPSA) is 272 Å². The highest BCUT2D eigenvalue weighted by Gasteiger charge is 1.82. The molecule has 0 saturated heterocycles. The van der Waals surface area contributed by atoms with Crippen LogP contribution in [0.3, 0.4) is 0 Å². The molecule has 0 aliphatic heterocycles. The highest BCUT2D eigenvalue weighted by Crippen LogP contribution is 1.75. The normalized spacial score (nSPS) is 6.97. The van der Waals surface area contributed by atoms with Crippen molar-refractivity contribution in [1.82, 2.24) is 31.1 Å². The van der Waals surface area contributed by atoms with Gasteiger partial charge in [-0.2, -0.15) is 0 Å². The second-order valence-electron chi connectivity index (χ2n) is 11.0. The van der Waals surface area contributed by atoms with Crippen molar-refractivity contribution in [2.24, 2.45) is 0 Å². The molecule has 3 radical (unpaired) electrons. The van der Waals surface area contributed by atoms with Gasteiger partial charge in [0.1, 0.15) is 33.4 Å². The average Bonchev–Trinajstić information content (AvgIpc) is 3.24. The Morgan fingerprint density at radius 2 is 0.478 bits per heavy atom. The summed E-state index contributed by atoms with van der Waals surface area (Å²) in [5.41, 5.74) is 0. The van der Waals surface area contributed by atoms with Crippen molar-refractivity contribution in [1.29, 1.82) is 0 Å². The summed E-state index contributed by atoms with van der Waals surface area (Å²) >= 11 is 0. The molecule has 0 aliphatic rings. The minimum absolute atomic E-state index is 0. The largest absolute Gasteiger partial charge is 0.481 e. The predicted octanol–water partition coefficient (Wildman–Crippen LogP) is 9.60. The fourth-order valence-electron chi connectivity index (χ4n) is 0.447. The molecule has 8 N–H and O–H groups in total. The molecule has 0 aromatic carbocycles. The Kier molecular flexibility index (Phi) is 292. The first-order valence-electron chi connectivity index (χ1n) is 22.2. The van der Waals surface area contributed by atoms with E-state index in [2.05, 4.69) is 72.9 Å². The Morgan fingerprint density at radius 1 is 0.406 bits per heavy atom. The van der Waals surface area contributed by atoms with Crippen molar-refractivity contribution >= 4 is 69.1 Å². The Balaban J connectivity index is -0.0000000203. The summed E-state index contributed by atoms with van der Waals surface area (Å²) in [4.78, 5) is 79.5. The van der Waals surface area contributed by atoms with E-state index in [0.29, 0.717) is 33.2 Å². The smallest absolute Gasteiger partial charge is 0.300 e. The monoisotopic (exact) mass is 1020 g/mol. The van der Waals surface area contributed by atoms with Gasteiger partial charge in [0.15, 0.2) is 0 Å². The Morgan fingerprint density at radius 3 is 0.478 bits per heavy atom. The summed E-state index contributed by atoms with van der Waals surface area (Å²) in [5, 5.41) is 39.9. The second-order valence-corrected chi connectivity index (χ2v) is 11.0. The molecular weight excluding hydrogens is 885 g/mol. The minimum atomic E-state index is -0.833. The molecule has 0 aromatic rings. The third-order valence-electron chi connectivity index (χ3n) is 3.86. The molecule has 0 aromatic heterocycles. The van der Waals surface area contributed by atoms with Crippen LogP contribution >= 0.6 is 0 Å². The maximum absolute atomic E-state index is 9.81. The minimum Gasteiger partial charge on any atom is -0.481 e. The third-order valence-corrected chi connectivity index (χ3v) is 3.86. The van der Waals surface area contributed by atoms with Crippen molar-refractivity contribution in [2.45, 2.75) is 195 Å². The van der Waals surface area contributed by atoms with Crippen LogP contribution in [0.4, 0.5) is 0 Å². The summed E-state index contributed by atoms with van der Waals surface area (Å²) in [6.45, 7) is 34.4. The first-order valence-corrected chi connectivity index (χ1v) is 20.1. The van der Waals surface area contributed by atoms with Crippen LogP contribution in [-0.4, -0.2) is 182 Å². The maximum atomic E-state index is 9.81. The number of rotatable bonds is 6. The number of hydrogen-bond donors (Lipinski definition) is 8. The van der Waals surface area contributed by atoms with Crippen LogP contribution in [0.25, 0.3) is 0 Å². The van der Waals surface area contributed by atoms with E-state index in [1.54, 1.807) is 49.8 Å². The highest BCUT2D eigenvalue weighted by molar-refractivity contribution is 6.31. The van der Waals surface area contributed by atoms with Gasteiger partial charge in [-0.15, -0.1) is 0 Å². The molecule has 431 valence electrons. The van der Waals surface area contributed by atoms with Gasteiger partial charge in [-0.1, -0.05) is 127 Å². The Bertz CT molecular complexity index is 779. The van der Waals surface area contributed by atoms with Crippen molar-refractivity contribution < 1.29 is 62.9 Å². The van der Waals surface area contributed by atoms with Crippen molar-refractivity contribution in [3.05, 3.63) is 0 Å². The summed E-state index contributed by atoms with van der Waals surface area (Å²) in [7, 11) is 20.3. The number of carboxylic acids is 4. The Labute approximate surface area is 439 Å². The molecule has 2 amide bonds. The summed E-state index contributed by atoms with van der Waals surface area (Å²) < 4.78 is 19.2. The molecule has 0 heterocycles. The van der Waals surface area contributed by atoms with E-state index in [-0.39, 0.29) is 67.9 Å². The van der Waals surface area contributed by atoms with Gasteiger partial charge in [0.25, 0.3) is 23.9 Å². The fraction of sp³-hybridized carbons (Fsp3) is 0.833. The molecule has 0 atom stereocenters. The lowest BCUT2D eigenvalue weighted by molar-refractivity contribution is -0.135. The zero-order chi connectivity index (χ0) is 57.1. The van der Waals surface area contributed by atoms with E-state index in [4.69, 9.17) is 43.7 Å². The lowest BCUT2D eigenvalue weighted by Gasteiger charge is -2.07. The van der Waals surface area contributed by atoms with Gasteiger partial charge < -0.3 is 61.1 Å². The summed E-state index contributed by atoms with van der Waals surface area (Å²) in [6, 6.07) is 0. The molecule has 69 heavy (non-hydrogen) atoms. The van der Waals surface area contributed by atoms with Crippen LogP contribution in [0.5, 0.6) is 0 Å². The molecule has 0 unspecified atom stereocenters. The van der Waals surface area contributed by atoms with Gasteiger partial charge in [0, 0.05) is 72.6 Å². The molecule has 0 spiro atoms. The number of carboxylic acid groups (broad SMARTS) is 4. The van der Waals surface area contributed by atoms with Gasteiger partial charge in [0.2, 0.25) is 11.8 Å². The van der Waals surface area contributed by atoms with Gasteiger partial charge in [-0.25, -0.2) is 0 Å². The SMILES string of the molecule is C.C.C.C.C.C.CC(=O)O.CC(=O)O.CC(=O)O.CC(=O)O.CCC(C)=O.CCC(C)=O.CCN(C)CC.CCN(C)CC.CNC.CNC.CNC(C)=O.CNC(C)=O.[2H]C[B]C.[2H]C[B]C.[2H]C[B]C. The third kappa shape index (κ3) is 1670. The fourth-order valence-corrected chi connectivity index (χ4v) is 0.447. The summed E-state index contributed by atoms with van der Waals surface area (Å²) in [5.74, 6) is -2.81. The highest BCUT2D eigenvalue weighted by atomic mass is 16.4. The number of nitrogens with zero attached hydrogens (tertiary/aromatic N) is 2. The quantitative estimate of drug-likeness (QED) is 0.115. The standard InChI is InChI=1S/2C5H13N.2C4H8O.2C3H7NO.3C2H6B.2C2H7N.4C2H4O2.6CH4/c2*1-4-6(3)5-2;2*1-3-4(2)5;2*1-3(5)4-2;5*1-3-2;4*1-2(3)4;;;;;;/h2*4-5H2,1-3H3;2*3H2,1-2H3;2*1-2H3,(H,4,5);3*1-2H3;2*3H,1-2H3;4*1H3,(H,3,4);6*1H4/i;;;;;;3*1D;;;;;;;;;;;;. The predicted molar refractivity (Wildman–Crippen MR) is 315 cm³/mol. The number of aliphatic carboxylic acids is 4. The number of carbonyl (C=O) groups is 8. The number of nitrogens with one attached hydrogen (secondary N) is 4. The van der Waals surface area contributed by atoms with E-state index in [1.165, 1.54) is 13.8 Å². The summed E-state index contributed by atoms with van der Waals surface area (Å²) in [6.07, 6.45) is 1.33. The molecule has 0 aliphatic carbocycles. The van der Waals surface area contributed by atoms with Crippen LogP contribution in [0, 0.1) is 0 Å². The van der Waals surface area contributed by atoms with Crippen molar-refractivity contribution in [3.8, 4) is 0 Å². The van der Waals surface area contributed by atoms with E-state index in [0.717, 1.165) is 53.9 Å². The number of hydrogen-bond acceptors (Lipinski definition) is 12. The molecule has 21 heteroatoms.